The highest BCUT2D eigenvalue weighted by Gasteiger charge is 2.08. The largest absolute Gasteiger partial charge is 0.396 e. The van der Waals surface area contributed by atoms with Crippen molar-refractivity contribution in [3.8, 4) is 0 Å². The predicted octanol–water partition coefficient (Wildman–Crippen LogP) is 3.24. The summed E-state index contributed by atoms with van der Waals surface area (Å²) in [5, 5.41) is 3.12. The maximum Gasteiger partial charge on any atom is 0.228 e. The fourth-order valence-corrected chi connectivity index (χ4v) is 1.83. The van der Waals surface area contributed by atoms with Crippen molar-refractivity contribution in [2.75, 3.05) is 11.1 Å². The zero-order valence-electron chi connectivity index (χ0n) is 9.99. The average molecular weight is 279 g/mol. The summed E-state index contributed by atoms with van der Waals surface area (Å²) < 4.78 is 13.2. The van der Waals surface area contributed by atoms with Crippen LogP contribution in [0, 0.1) is 5.82 Å². The first kappa shape index (κ1) is 13.4. The zero-order valence-corrected chi connectivity index (χ0v) is 10.7. The number of rotatable bonds is 3. The maximum atomic E-state index is 13.2. The topological polar surface area (TPSA) is 55.1 Å². The molecule has 3 N–H and O–H groups in total. The molecular weight excluding hydrogens is 267 g/mol. The Balaban J connectivity index is 2.05. The second kappa shape index (κ2) is 5.71. The molecule has 0 bridgehead atoms. The third-order valence-electron chi connectivity index (χ3n) is 2.59. The number of carbonyl (C=O) groups is 1. The van der Waals surface area contributed by atoms with Gasteiger partial charge < -0.3 is 11.1 Å². The van der Waals surface area contributed by atoms with E-state index in [1.54, 1.807) is 30.3 Å². The number of nitrogens with two attached hydrogens (primary N) is 1. The van der Waals surface area contributed by atoms with Crippen LogP contribution in [0.4, 0.5) is 15.8 Å². The first-order valence-corrected chi connectivity index (χ1v) is 6.02. The molecule has 98 valence electrons. The molecular formula is C14H12ClFN2O. The van der Waals surface area contributed by atoms with Crippen LogP contribution in [0.15, 0.2) is 42.5 Å². The van der Waals surface area contributed by atoms with E-state index in [-0.39, 0.29) is 18.0 Å². The van der Waals surface area contributed by atoms with Crippen molar-refractivity contribution in [2.24, 2.45) is 0 Å². The van der Waals surface area contributed by atoms with E-state index < -0.39 is 5.82 Å². The van der Waals surface area contributed by atoms with Crippen LogP contribution in [0.5, 0.6) is 0 Å². The molecule has 5 heteroatoms. The fourth-order valence-electron chi connectivity index (χ4n) is 1.62. The van der Waals surface area contributed by atoms with Gasteiger partial charge in [-0.2, -0.15) is 0 Å². The standard InChI is InChI=1S/C14H12ClFN2O/c15-11-4-2-1-3-9(11)7-14(19)18-10-5-6-13(17)12(16)8-10/h1-6,8H,7,17H2,(H,18,19). The van der Waals surface area contributed by atoms with Crippen LogP contribution in [-0.2, 0) is 11.2 Å². The average Bonchev–Trinajstić information content (AvgIpc) is 2.37. The van der Waals surface area contributed by atoms with Gasteiger partial charge in [0.2, 0.25) is 5.91 Å². The highest BCUT2D eigenvalue weighted by Crippen LogP contribution is 2.18. The lowest BCUT2D eigenvalue weighted by atomic mass is 10.1. The smallest absolute Gasteiger partial charge is 0.228 e. The van der Waals surface area contributed by atoms with Crippen molar-refractivity contribution in [1.29, 1.82) is 0 Å². The number of amides is 1. The monoisotopic (exact) mass is 278 g/mol. The number of nitrogens with one attached hydrogen (secondary N) is 1. The Morgan fingerprint density at radius 2 is 2.00 bits per heavy atom. The molecule has 0 fully saturated rings. The van der Waals surface area contributed by atoms with E-state index in [0.29, 0.717) is 10.7 Å². The van der Waals surface area contributed by atoms with Gasteiger partial charge in [-0.3, -0.25) is 4.79 Å². The molecule has 0 unspecified atom stereocenters. The molecule has 0 saturated heterocycles. The number of carbonyl (C=O) groups excluding carboxylic acids is 1. The number of hydrogen-bond acceptors (Lipinski definition) is 2. The molecule has 0 radical (unpaired) electrons. The highest BCUT2D eigenvalue weighted by molar-refractivity contribution is 6.31. The molecule has 3 nitrogen and oxygen atoms in total. The first-order valence-electron chi connectivity index (χ1n) is 5.64. The van der Waals surface area contributed by atoms with Crippen LogP contribution < -0.4 is 11.1 Å². The van der Waals surface area contributed by atoms with Crippen molar-refractivity contribution in [1.82, 2.24) is 0 Å². The number of anilines is 2. The minimum absolute atomic E-state index is 0.0455. The van der Waals surface area contributed by atoms with Gasteiger partial charge in [-0.05, 0) is 29.8 Å². The fraction of sp³-hybridized carbons (Fsp3) is 0.0714. The molecule has 0 saturated carbocycles. The molecule has 0 aliphatic carbocycles. The Bertz CT molecular complexity index is 616. The Morgan fingerprint density at radius 3 is 2.68 bits per heavy atom. The van der Waals surface area contributed by atoms with Gasteiger partial charge in [-0.25, -0.2) is 4.39 Å². The highest BCUT2D eigenvalue weighted by atomic mass is 35.5. The summed E-state index contributed by atoms with van der Waals surface area (Å²) in [5.41, 5.74) is 6.49. The number of nitrogen functional groups attached to an aromatic ring is 1. The summed E-state index contributed by atoms with van der Waals surface area (Å²) in [7, 11) is 0. The summed E-state index contributed by atoms with van der Waals surface area (Å²) in [4.78, 5) is 11.8. The van der Waals surface area contributed by atoms with E-state index in [0.717, 1.165) is 5.56 Å². The molecule has 2 aromatic rings. The Morgan fingerprint density at radius 1 is 1.26 bits per heavy atom. The zero-order chi connectivity index (χ0) is 13.8. The summed E-state index contributed by atoms with van der Waals surface area (Å²) in [6, 6.07) is 11.2. The molecule has 0 heterocycles. The van der Waals surface area contributed by atoms with Gasteiger partial charge in [0, 0.05) is 10.7 Å². The lowest BCUT2D eigenvalue weighted by Gasteiger charge is -2.07. The molecule has 0 aliphatic heterocycles. The second-order valence-corrected chi connectivity index (χ2v) is 4.46. The molecule has 19 heavy (non-hydrogen) atoms. The van der Waals surface area contributed by atoms with Crippen molar-refractivity contribution >= 4 is 28.9 Å². The predicted molar refractivity (Wildman–Crippen MR) is 74.6 cm³/mol. The number of benzene rings is 2. The number of halogens is 2. The van der Waals surface area contributed by atoms with Gasteiger partial charge in [0.05, 0.1) is 12.1 Å². The van der Waals surface area contributed by atoms with E-state index in [9.17, 15) is 9.18 Å². The van der Waals surface area contributed by atoms with Gasteiger partial charge in [0.15, 0.2) is 0 Å². The van der Waals surface area contributed by atoms with Crippen LogP contribution in [0.2, 0.25) is 5.02 Å². The van der Waals surface area contributed by atoms with Crippen LogP contribution >= 0.6 is 11.6 Å². The van der Waals surface area contributed by atoms with Crippen LogP contribution in [0.25, 0.3) is 0 Å². The lowest BCUT2D eigenvalue weighted by Crippen LogP contribution is -2.14. The minimum Gasteiger partial charge on any atom is -0.396 e. The third-order valence-corrected chi connectivity index (χ3v) is 2.96. The lowest BCUT2D eigenvalue weighted by molar-refractivity contribution is -0.115. The van der Waals surface area contributed by atoms with Gasteiger partial charge in [-0.1, -0.05) is 29.8 Å². The van der Waals surface area contributed by atoms with E-state index >= 15 is 0 Å². The van der Waals surface area contributed by atoms with E-state index in [1.165, 1.54) is 12.1 Å². The third kappa shape index (κ3) is 3.45. The van der Waals surface area contributed by atoms with Crippen molar-refractivity contribution in [2.45, 2.75) is 6.42 Å². The molecule has 2 aromatic carbocycles. The molecule has 0 atom stereocenters. The second-order valence-electron chi connectivity index (χ2n) is 4.05. The SMILES string of the molecule is Nc1ccc(NC(=O)Cc2ccccc2Cl)cc1F. The van der Waals surface area contributed by atoms with E-state index in [4.69, 9.17) is 17.3 Å². The summed E-state index contributed by atoms with van der Waals surface area (Å²) >= 11 is 5.96. The summed E-state index contributed by atoms with van der Waals surface area (Å²) in [6.07, 6.45) is 0.131. The summed E-state index contributed by atoms with van der Waals surface area (Å²) in [5.74, 6) is -0.826. The Kier molecular flexibility index (Phi) is 4.02. The first-order chi connectivity index (χ1) is 9.06. The Labute approximate surface area is 115 Å². The maximum absolute atomic E-state index is 13.2. The Hall–Kier alpha value is -2.07. The summed E-state index contributed by atoms with van der Waals surface area (Å²) in [6.45, 7) is 0. The van der Waals surface area contributed by atoms with Crippen molar-refractivity contribution in [3.63, 3.8) is 0 Å². The van der Waals surface area contributed by atoms with Crippen LogP contribution in [0.1, 0.15) is 5.56 Å². The van der Waals surface area contributed by atoms with Gasteiger partial charge in [0.25, 0.3) is 0 Å². The minimum atomic E-state index is -0.560. The van der Waals surface area contributed by atoms with Gasteiger partial charge in [-0.15, -0.1) is 0 Å². The molecule has 1 amide bonds. The van der Waals surface area contributed by atoms with E-state index in [2.05, 4.69) is 5.32 Å². The molecule has 0 spiro atoms. The normalized spacial score (nSPS) is 10.2. The van der Waals surface area contributed by atoms with Crippen LogP contribution in [-0.4, -0.2) is 5.91 Å². The quantitative estimate of drug-likeness (QED) is 0.847. The van der Waals surface area contributed by atoms with Gasteiger partial charge in [0.1, 0.15) is 5.82 Å². The van der Waals surface area contributed by atoms with Gasteiger partial charge >= 0.3 is 0 Å². The van der Waals surface area contributed by atoms with Crippen molar-refractivity contribution < 1.29 is 9.18 Å². The van der Waals surface area contributed by atoms with Crippen molar-refractivity contribution in [3.05, 3.63) is 58.9 Å². The molecule has 0 aliphatic rings. The molecule has 0 aromatic heterocycles. The van der Waals surface area contributed by atoms with Crippen LogP contribution in [0.3, 0.4) is 0 Å². The molecule has 2 rings (SSSR count). The number of hydrogen-bond donors (Lipinski definition) is 2. The van der Waals surface area contributed by atoms with E-state index in [1.807, 2.05) is 0 Å².